The first kappa shape index (κ1) is 6.51. The van der Waals surface area contributed by atoms with E-state index in [0.29, 0.717) is 6.54 Å². The molecule has 4 heteroatoms. The normalized spacial score (nSPS) is 26.9. The summed E-state index contributed by atoms with van der Waals surface area (Å²) in [5.74, 6) is -0.161. The van der Waals surface area contributed by atoms with E-state index in [1.54, 1.807) is 0 Å². The first-order chi connectivity index (χ1) is 4.20. The van der Waals surface area contributed by atoms with E-state index in [1.165, 1.54) is 6.92 Å². The van der Waals surface area contributed by atoms with Crippen molar-refractivity contribution in [2.45, 2.75) is 13.0 Å². The Hall–Kier alpha value is -0.610. The van der Waals surface area contributed by atoms with Crippen LogP contribution < -0.4 is 0 Å². The molecule has 1 rings (SSSR count). The van der Waals surface area contributed by atoms with E-state index >= 15 is 0 Å². The van der Waals surface area contributed by atoms with Crippen LogP contribution in [0.4, 0.5) is 0 Å². The first-order valence-corrected chi connectivity index (χ1v) is 2.79. The van der Waals surface area contributed by atoms with Gasteiger partial charge in [0, 0.05) is 6.92 Å². The van der Waals surface area contributed by atoms with Crippen molar-refractivity contribution < 1.29 is 14.7 Å². The number of carbonyl (C=O) groups excluding carboxylic acids is 1. The van der Waals surface area contributed by atoms with Gasteiger partial charge in [0.2, 0.25) is 5.91 Å². The molecule has 52 valence electrons. The second-order valence-corrected chi connectivity index (χ2v) is 2.03. The summed E-state index contributed by atoms with van der Waals surface area (Å²) < 4.78 is 0. The van der Waals surface area contributed by atoms with Gasteiger partial charge in [0.25, 0.3) is 0 Å². The molecule has 0 aromatic rings. The molecule has 0 bridgehead atoms. The fourth-order valence-corrected chi connectivity index (χ4v) is 0.692. The van der Waals surface area contributed by atoms with E-state index < -0.39 is 6.10 Å². The lowest BCUT2D eigenvalue weighted by Crippen LogP contribution is -2.25. The third-order valence-corrected chi connectivity index (χ3v) is 1.15. The van der Waals surface area contributed by atoms with Gasteiger partial charge in [-0.1, -0.05) is 0 Å². The number of amides is 1. The molecule has 1 aliphatic heterocycles. The minimum Gasteiger partial charge on any atom is -0.389 e. The molecule has 0 aliphatic carbocycles. The summed E-state index contributed by atoms with van der Waals surface area (Å²) in [7, 11) is 0. The summed E-state index contributed by atoms with van der Waals surface area (Å²) in [6, 6.07) is 0. The van der Waals surface area contributed by atoms with Crippen LogP contribution in [-0.2, 0) is 9.63 Å². The Morgan fingerprint density at radius 2 is 2.56 bits per heavy atom. The number of aliphatic hydroxyl groups is 1. The van der Waals surface area contributed by atoms with E-state index in [1.807, 2.05) is 0 Å². The van der Waals surface area contributed by atoms with Crippen LogP contribution in [0.25, 0.3) is 0 Å². The van der Waals surface area contributed by atoms with Crippen LogP contribution in [0.5, 0.6) is 0 Å². The Labute approximate surface area is 53.0 Å². The second-order valence-electron chi connectivity index (χ2n) is 2.03. The molecule has 0 radical (unpaired) electrons. The fourth-order valence-electron chi connectivity index (χ4n) is 0.692. The van der Waals surface area contributed by atoms with Crippen molar-refractivity contribution in [2.24, 2.45) is 0 Å². The number of hydrogen-bond acceptors (Lipinski definition) is 3. The van der Waals surface area contributed by atoms with Crippen LogP contribution in [-0.4, -0.2) is 35.3 Å². The van der Waals surface area contributed by atoms with Crippen LogP contribution >= 0.6 is 0 Å². The highest BCUT2D eigenvalue weighted by Crippen LogP contribution is 2.04. The van der Waals surface area contributed by atoms with Gasteiger partial charge in [-0.2, -0.15) is 0 Å². The van der Waals surface area contributed by atoms with Crippen LogP contribution in [0.2, 0.25) is 0 Å². The highest BCUT2D eigenvalue weighted by molar-refractivity contribution is 5.72. The van der Waals surface area contributed by atoms with Crippen molar-refractivity contribution >= 4 is 5.91 Å². The Bertz CT molecular complexity index is 125. The largest absolute Gasteiger partial charge is 0.389 e. The molecule has 4 nitrogen and oxygen atoms in total. The second kappa shape index (κ2) is 2.33. The molecule has 9 heavy (non-hydrogen) atoms. The smallest absolute Gasteiger partial charge is 0.243 e. The molecule has 1 saturated heterocycles. The lowest BCUT2D eigenvalue weighted by molar-refractivity contribution is -0.166. The zero-order chi connectivity index (χ0) is 6.85. The molecule has 1 heterocycles. The van der Waals surface area contributed by atoms with Gasteiger partial charge >= 0.3 is 0 Å². The SMILES string of the molecule is CC(=O)N1CC(O)CO1. The van der Waals surface area contributed by atoms with Crippen LogP contribution in [0.15, 0.2) is 0 Å². The van der Waals surface area contributed by atoms with Crippen LogP contribution in [0, 0.1) is 0 Å². The molecule has 1 amide bonds. The molecule has 0 spiro atoms. The predicted molar refractivity (Wildman–Crippen MR) is 29.3 cm³/mol. The quantitative estimate of drug-likeness (QED) is 0.465. The number of aliphatic hydroxyl groups excluding tert-OH is 1. The maximum Gasteiger partial charge on any atom is 0.243 e. The number of carbonyl (C=O) groups is 1. The van der Waals surface area contributed by atoms with E-state index in [0.717, 1.165) is 5.06 Å². The van der Waals surface area contributed by atoms with Crippen molar-refractivity contribution in [3.63, 3.8) is 0 Å². The maximum absolute atomic E-state index is 10.5. The van der Waals surface area contributed by atoms with Gasteiger partial charge in [-0.25, -0.2) is 5.06 Å². The number of rotatable bonds is 0. The molecule has 1 fully saturated rings. The number of hydroxylamine groups is 2. The topological polar surface area (TPSA) is 49.8 Å². The monoisotopic (exact) mass is 131 g/mol. The molecule has 0 saturated carbocycles. The summed E-state index contributed by atoms with van der Waals surface area (Å²) in [6.45, 7) is 1.94. The van der Waals surface area contributed by atoms with E-state index in [4.69, 9.17) is 9.94 Å². The van der Waals surface area contributed by atoms with E-state index in [2.05, 4.69) is 0 Å². The van der Waals surface area contributed by atoms with Crippen molar-refractivity contribution in [2.75, 3.05) is 13.2 Å². The molecular weight excluding hydrogens is 122 g/mol. The molecule has 1 atom stereocenters. The third kappa shape index (κ3) is 1.40. The lowest BCUT2D eigenvalue weighted by Gasteiger charge is -2.08. The summed E-state index contributed by atoms with van der Waals surface area (Å²) in [4.78, 5) is 15.2. The summed E-state index contributed by atoms with van der Waals surface area (Å²) in [5, 5.41) is 9.99. The first-order valence-electron chi connectivity index (χ1n) is 2.79. The number of nitrogens with zero attached hydrogens (tertiary/aromatic N) is 1. The van der Waals surface area contributed by atoms with Gasteiger partial charge in [-0.05, 0) is 0 Å². The molecule has 0 aromatic heterocycles. The van der Waals surface area contributed by atoms with Gasteiger partial charge in [-0.15, -0.1) is 0 Å². The summed E-state index contributed by atoms with van der Waals surface area (Å²) in [5.41, 5.74) is 0. The average molecular weight is 131 g/mol. The van der Waals surface area contributed by atoms with Crippen LogP contribution in [0.3, 0.4) is 0 Å². The zero-order valence-electron chi connectivity index (χ0n) is 5.20. The molecule has 1 aliphatic rings. The molecule has 1 unspecified atom stereocenters. The molecule has 0 aromatic carbocycles. The van der Waals surface area contributed by atoms with Gasteiger partial charge in [0.05, 0.1) is 12.6 Å². The highest BCUT2D eigenvalue weighted by atomic mass is 16.7. The van der Waals surface area contributed by atoms with Crippen molar-refractivity contribution in [1.82, 2.24) is 5.06 Å². The van der Waals surface area contributed by atoms with Gasteiger partial charge in [-0.3, -0.25) is 9.63 Å². The van der Waals surface area contributed by atoms with Crippen LogP contribution in [0.1, 0.15) is 6.92 Å². The Morgan fingerprint density at radius 3 is 2.78 bits per heavy atom. The van der Waals surface area contributed by atoms with E-state index in [9.17, 15) is 4.79 Å². The average Bonchev–Trinajstić information content (AvgIpc) is 2.14. The number of hydrogen-bond donors (Lipinski definition) is 1. The summed E-state index contributed by atoms with van der Waals surface area (Å²) in [6.07, 6.45) is -0.506. The standard InChI is InChI=1S/C5H9NO3/c1-4(7)6-2-5(8)3-9-6/h5,8H,2-3H2,1H3. The van der Waals surface area contributed by atoms with Gasteiger partial charge in [0.1, 0.15) is 6.61 Å². The predicted octanol–water partition coefficient (Wildman–Crippen LogP) is -0.859. The summed E-state index contributed by atoms with van der Waals surface area (Å²) >= 11 is 0. The Kier molecular flexibility index (Phi) is 1.68. The Morgan fingerprint density at radius 1 is 1.89 bits per heavy atom. The van der Waals surface area contributed by atoms with Crippen molar-refractivity contribution in [1.29, 1.82) is 0 Å². The maximum atomic E-state index is 10.5. The zero-order valence-corrected chi connectivity index (χ0v) is 5.20. The number of β-amino-alcohol motifs (C(OH)–C–C–N with tert-alkyl or cyclic N) is 1. The van der Waals surface area contributed by atoms with Gasteiger partial charge < -0.3 is 5.11 Å². The third-order valence-electron chi connectivity index (χ3n) is 1.15. The fraction of sp³-hybridized carbons (Fsp3) is 0.800. The minimum atomic E-state index is -0.506. The lowest BCUT2D eigenvalue weighted by atomic mass is 10.4. The van der Waals surface area contributed by atoms with Crippen molar-refractivity contribution in [3.05, 3.63) is 0 Å². The van der Waals surface area contributed by atoms with Gasteiger partial charge in [0.15, 0.2) is 0 Å². The Balaban J connectivity index is 2.39. The minimum absolute atomic E-state index is 0.161. The van der Waals surface area contributed by atoms with E-state index in [-0.39, 0.29) is 12.5 Å². The molecule has 1 N–H and O–H groups in total. The van der Waals surface area contributed by atoms with Crippen molar-refractivity contribution in [3.8, 4) is 0 Å². The highest BCUT2D eigenvalue weighted by Gasteiger charge is 2.22. The molecular formula is C5H9NO3.